The van der Waals surface area contributed by atoms with E-state index >= 15 is 0 Å². The molecule has 2 heterocycles. The van der Waals surface area contributed by atoms with Crippen molar-refractivity contribution >= 4 is 21.9 Å². The van der Waals surface area contributed by atoms with Crippen LogP contribution in [0.4, 0.5) is 5.95 Å². The second kappa shape index (κ2) is 4.28. The van der Waals surface area contributed by atoms with Gasteiger partial charge >= 0.3 is 6.01 Å². The number of aromatic nitrogens is 5. The molecule has 0 spiro atoms. The maximum atomic E-state index is 5.57. The molecule has 90 valence electrons. The van der Waals surface area contributed by atoms with Gasteiger partial charge in [-0.05, 0) is 29.8 Å². The zero-order valence-corrected chi connectivity index (χ0v) is 11.2. The number of methoxy groups -OCH3 is 1. The van der Waals surface area contributed by atoms with Gasteiger partial charge in [0.15, 0.2) is 0 Å². The van der Waals surface area contributed by atoms with E-state index in [0.717, 1.165) is 15.9 Å². The van der Waals surface area contributed by atoms with Crippen molar-refractivity contribution < 1.29 is 4.74 Å². The van der Waals surface area contributed by atoms with E-state index in [2.05, 4.69) is 36.0 Å². The van der Waals surface area contributed by atoms with E-state index in [0.29, 0.717) is 5.95 Å². The van der Waals surface area contributed by atoms with E-state index in [4.69, 9.17) is 10.5 Å². The molecule has 0 atom stereocenters. The van der Waals surface area contributed by atoms with Crippen LogP contribution in [-0.4, -0.2) is 31.8 Å². The molecule has 0 amide bonds. The molecule has 0 aromatic carbocycles. The maximum absolute atomic E-state index is 5.57. The molecule has 2 N–H and O–H groups in total. The summed E-state index contributed by atoms with van der Waals surface area (Å²) >= 11 is 3.43. The Kier molecular flexibility index (Phi) is 2.97. The van der Waals surface area contributed by atoms with Crippen LogP contribution in [0, 0.1) is 13.8 Å². The Labute approximate surface area is 106 Å². The lowest BCUT2D eigenvalue weighted by atomic mass is 10.4. The van der Waals surface area contributed by atoms with Crippen molar-refractivity contribution in [3.05, 3.63) is 15.9 Å². The highest BCUT2D eigenvalue weighted by Gasteiger charge is 2.14. The van der Waals surface area contributed by atoms with Crippen molar-refractivity contribution in [2.45, 2.75) is 13.8 Å². The smallest absolute Gasteiger partial charge is 0.322 e. The summed E-state index contributed by atoms with van der Waals surface area (Å²) in [6, 6.07) is 0.163. The number of halogens is 1. The van der Waals surface area contributed by atoms with Crippen LogP contribution in [0.2, 0.25) is 0 Å². The van der Waals surface area contributed by atoms with E-state index in [1.165, 1.54) is 7.11 Å². The first-order chi connectivity index (χ1) is 8.02. The number of nitrogens with zero attached hydrogens (tertiary/aromatic N) is 5. The Hall–Kier alpha value is -1.70. The minimum Gasteiger partial charge on any atom is -0.467 e. The van der Waals surface area contributed by atoms with Crippen LogP contribution in [-0.2, 0) is 0 Å². The number of ether oxygens (including phenoxy) is 1. The molecule has 0 fully saturated rings. The number of hydrogen-bond acceptors (Lipinski definition) is 6. The SMILES string of the molecule is COc1nc(N)nc(-n2nc(C)c(Br)c2C)n1. The van der Waals surface area contributed by atoms with E-state index < -0.39 is 0 Å². The summed E-state index contributed by atoms with van der Waals surface area (Å²) in [4.78, 5) is 11.9. The average Bonchev–Trinajstić information content (AvgIpc) is 2.56. The van der Waals surface area contributed by atoms with Gasteiger partial charge in [-0.15, -0.1) is 0 Å². The molecular formula is C9H11BrN6O. The molecule has 2 aromatic rings. The van der Waals surface area contributed by atoms with Crippen LogP contribution in [0.15, 0.2) is 4.47 Å². The minimum atomic E-state index is 0.0931. The Morgan fingerprint density at radius 1 is 1.24 bits per heavy atom. The van der Waals surface area contributed by atoms with E-state index in [1.807, 2.05) is 13.8 Å². The first-order valence-corrected chi connectivity index (χ1v) is 5.60. The molecule has 0 unspecified atom stereocenters. The van der Waals surface area contributed by atoms with Crippen LogP contribution in [0.3, 0.4) is 0 Å². The van der Waals surface area contributed by atoms with E-state index in [1.54, 1.807) is 4.68 Å². The quantitative estimate of drug-likeness (QED) is 0.890. The highest BCUT2D eigenvalue weighted by molar-refractivity contribution is 9.10. The first-order valence-electron chi connectivity index (χ1n) is 4.80. The summed E-state index contributed by atoms with van der Waals surface area (Å²) in [5.41, 5.74) is 7.30. The second-order valence-corrected chi connectivity index (χ2v) is 4.17. The molecule has 8 heteroatoms. The predicted octanol–water partition coefficient (Wildman–Crippen LogP) is 1.03. The summed E-state index contributed by atoms with van der Waals surface area (Å²) in [6.45, 7) is 3.78. The van der Waals surface area contributed by atoms with Crippen molar-refractivity contribution in [2.24, 2.45) is 0 Å². The Morgan fingerprint density at radius 3 is 2.47 bits per heavy atom. The van der Waals surface area contributed by atoms with Gasteiger partial charge < -0.3 is 10.5 Å². The van der Waals surface area contributed by atoms with Gasteiger partial charge in [0, 0.05) is 0 Å². The molecule has 0 bridgehead atoms. The first kappa shape index (κ1) is 11.8. The molecule has 0 saturated heterocycles. The lowest BCUT2D eigenvalue weighted by molar-refractivity contribution is 0.377. The third kappa shape index (κ3) is 2.07. The van der Waals surface area contributed by atoms with Gasteiger partial charge in [0.2, 0.25) is 5.95 Å². The zero-order chi connectivity index (χ0) is 12.6. The molecule has 0 aliphatic heterocycles. The number of nitrogens with two attached hydrogens (primary N) is 1. The molecule has 0 saturated carbocycles. The summed E-state index contributed by atoms with van der Waals surface area (Å²) in [7, 11) is 1.47. The molecule has 0 aliphatic carbocycles. The summed E-state index contributed by atoms with van der Waals surface area (Å²) in [6.07, 6.45) is 0. The Bertz CT molecular complexity index is 567. The Morgan fingerprint density at radius 2 is 1.94 bits per heavy atom. The summed E-state index contributed by atoms with van der Waals surface area (Å²) < 4.78 is 7.43. The highest BCUT2D eigenvalue weighted by atomic mass is 79.9. The number of rotatable bonds is 2. The van der Waals surface area contributed by atoms with Gasteiger partial charge in [-0.25, -0.2) is 4.68 Å². The lowest BCUT2D eigenvalue weighted by Gasteiger charge is -2.04. The zero-order valence-electron chi connectivity index (χ0n) is 9.60. The highest BCUT2D eigenvalue weighted by Crippen LogP contribution is 2.22. The van der Waals surface area contributed by atoms with Gasteiger partial charge in [-0.2, -0.15) is 20.1 Å². The van der Waals surface area contributed by atoms with Gasteiger partial charge in [0.1, 0.15) is 0 Å². The lowest BCUT2D eigenvalue weighted by Crippen LogP contribution is -2.10. The Balaban J connectivity index is 2.59. The van der Waals surface area contributed by atoms with Gasteiger partial charge in [0.25, 0.3) is 5.95 Å². The normalized spacial score (nSPS) is 10.6. The van der Waals surface area contributed by atoms with E-state index in [-0.39, 0.29) is 12.0 Å². The van der Waals surface area contributed by atoms with Crippen molar-refractivity contribution in [2.75, 3.05) is 12.8 Å². The summed E-state index contributed by atoms with van der Waals surface area (Å²) in [5, 5.41) is 4.30. The maximum Gasteiger partial charge on any atom is 0.322 e. The third-order valence-electron chi connectivity index (χ3n) is 2.20. The minimum absolute atomic E-state index is 0.0931. The topological polar surface area (TPSA) is 91.7 Å². The number of hydrogen-bond donors (Lipinski definition) is 1. The van der Waals surface area contributed by atoms with Crippen molar-refractivity contribution in [1.82, 2.24) is 24.7 Å². The molecule has 0 aliphatic rings. The average molecular weight is 299 g/mol. The number of nitrogen functional groups attached to an aromatic ring is 1. The fourth-order valence-corrected chi connectivity index (χ4v) is 1.61. The van der Waals surface area contributed by atoms with E-state index in [9.17, 15) is 0 Å². The molecular weight excluding hydrogens is 288 g/mol. The monoisotopic (exact) mass is 298 g/mol. The van der Waals surface area contributed by atoms with Crippen LogP contribution >= 0.6 is 15.9 Å². The van der Waals surface area contributed by atoms with Crippen LogP contribution < -0.4 is 10.5 Å². The number of aryl methyl sites for hydroxylation is 1. The van der Waals surface area contributed by atoms with Gasteiger partial charge in [-0.1, -0.05) is 0 Å². The van der Waals surface area contributed by atoms with Crippen molar-refractivity contribution in [3.63, 3.8) is 0 Å². The second-order valence-electron chi connectivity index (χ2n) is 3.38. The predicted molar refractivity (Wildman–Crippen MR) is 65.1 cm³/mol. The summed E-state index contributed by atoms with van der Waals surface area (Å²) in [5.74, 6) is 0.427. The van der Waals surface area contributed by atoms with Crippen LogP contribution in [0.5, 0.6) is 6.01 Å². The number of anilines is 1. The molecule has 0 radical (unpaired) electrons. The largest absolute Gasteiger partial charge is 0.467 e. The van der Waals surface area contributed by atoms with Crippen molar-refractivity contribution in [1.29, 1.82) is 0 Å². The van der Waals surface area contributed by atoms with Gasteiger partial charge in [0.05, 0.1) is 23.0 Å². The van der Waals surface area contributed by atoms with Crippen LogP contribution in [0.1, 0.15) is 11.4 Å². The molecule has 2 rings (SSSR count). The van der Waals surface area contributed by atoms with Gasteiger partial charge in [-0.3, -0.25) is 0 Å². The molecule has 17 heavy (non-hydrogen) atoms. The molecule has 7 nitrogen and oxygen atoms in total. The van der Waals surface area contributed by atoms with Crippen LogP contribution in [0.25, 0.3) is 5.95 Å². The third-order valence-corrected chi connectivity index (χ3v) is 3.34. The molecule has 2 aromatic heterocycles. The fraction of sp³-hybridized carbons (Fsp3) is 0.333. The standard InChI is InChI=1S/C9H11BrN6O/c1-4-6(10)5(2)16(15-4)8-12-7(11)13-9(14-8)17-3/h1-3H3,(H2,11,12,13,14). The fourth-order valence-electron chi connectivity index (χ4n) is 1.37. The van der Waals surface area contributed by atoms with Crippen molar-refractivity contribution in [3.8, 4) is 12.0 Å².